The molecule has 1 amide bonds. The maximum Gasteiger partial charge on any atom is 0.287 e. The van der Waals surface area contributed by atoms with Crippen LogP contribution in [-0.2, 0) is 17.9 Å². The first-order valence-electron chi connectivity index (χ1n) is 7.18. The van der Waals surface area contributed by atoms with E-state index in [0.29, 0.717) is 36.9 Å². The van der Waals surface area contributed by atoms with Gasteiger partial charge in [-0.15, -0.1) is 0 Å². The molecular weight excluding hydrogens is 282 g/mol. The van der Waals surface area contributed by atoms with Gasteiger partial charge in [0.1, 0.15) is 11.3 Å². The van der Waals surface area contributed by atoms with Gasteiger partial charge in [-0.3, -0.25) is 4.79 Å². The summed E-state index contributed by atoms with van der Waals surface area (Å²) in [6.07, 6.45) is 1.57. The van der Waals surface area contributed by atoms with Crippen molar-refractivity contribution in [2.24, 2.45) is 0 Å². The van der Waals surface area contributed by atoms with Crippen LogP contribution < -0.4 is 5.32 Å². The van der Waals surface area contributed by atoms with Crippen LogP contribution in [0.3, 0.4) is 0 Å². The number of fused-ring (bicyclic) bond motifs is 1. The molecule has 22 heavy (non-hydrogen) atoms. The number of rotatable bonds is 6. The predicted octanol–water partition coefficient (Wildman–Crippen LogP) is 3.49. The molecule has 2 heterocycles. The minimum absolute atomic E-state index is 0.276. The summed E-state index contributed by atoms with van der Waals surface area (Å²) in [5.41, 5.74) is 1.45. The van der Waals surface area contributed by atoms with Crippen LogP contribution in [0.2, 0.25) is 0 Å². The van der Waals surface area contributed by atoms with Gasteiger partial charge in [0.2, 0.25) is 0 Å². The number of amides is 1. The number of para-hydroxylation sites is 1. The molecule has 0 aliphatic carbocycles. The lowest BCUT2D eigenvalue weighted by Gasteiger charge is -2.04. The van der Waals surface area contributed by atoms with Gasteiger partial charge in [0.15, 0.2) is 5.76 Å². The van der Waals surface area contributed by atoms with Gasteiger partial charge in [-0.1, -0.05) is 18.2 Å². The van der Waals surface area contributed by atoms with Gasteiger partial charge >= 0.3 is 0 Å². The Labute approximate surface area is 127 Å². The number of carbonyl (C=O) groups excluding carboxylic acids is 1. The highest BCUT2D eigenvalue weighted by Gasteiger charge is 2.20. The summed E-state index contributed by atoms with van der Waals surface area (Å²) < 4.78 is 16.4. The highest BCUT2D eigenvalue weighted by atomic mass is 16.5. The quantitative estimate of drug-likeness (QED) is 0.756. The van der Waals surface area contributed by atoms with E-state index in [-0.39, 0.29) is 5.91 Å². The van der Waals surface area contributed by atoms with Crippen molar-refractivity contribution in [2.75, 3.05) is 6.61 Å². The molecule has 0 radical (unpaired) electrons. The predicted molar refractivity (Wildman–Crippen MR) is 81.4 cm³/mol. The molecule has 0 saturated heterocycles. The fourth-order valence-electron chi connectivity index (χ4n) is 2.29. The first kappa shape index (κ1) is 14.4. The van der Waals surface area contributed by atoms with E-state index in [1.807, 2.05) is 31.2 Å². The molecule has 1 N–H and O–H groups in total. The molecule has 1 aromatic carbocycles. The molecule has 5 heteroatoms. The van der Waals surface area contributed by atoms with Gasteiger partial charge in [-0.25, -0.2) is 0 Å². The second kappa shape index (κ2) is 6.49. The SMILES string of the molecule is CCOCc1c(C(=O)NCc2ccco2)oc2ccccc12. The largest absolute Gasteiger partial charge is 0.467 e. The normalized spacial score (nSPS) is 11.0. The van der Waals surface area contributed by atoms with Gasteiger partial charge in [-0.2, -0.15) is 0 Å². The van der Waals surface area contributed by atoms with Gasteiger partial charge < -0.3 is 18.9 Å². The van der Waals surface area contributed by atoms with Crippen molar-refractivity contribution >= 4 is 16.9 Å². The first-order valence-corrected chi connectivity index (χ1v) is 7.18. The second-order valence-corrected chi connectivity index (χ2v) is 4.81. The van der Waals surface area contributed by atoms with Crippen LogP contribution in [0.5, 0.6) is 0 Å². The van der Waals surface area contributed by atoms with E-state index in [9.17, 15) is 4.79 Å². The van der Waals surface area contributed by atoms with Crippen LogP contribution in [0.1, 0.15) is 28.8 Å². The monoisotopic (exact) mass is 299 g/mol. The average Bonchev–Trinajstić information content (AvgIpc) is 3.18. The zero-order chi connectivity index (χ0) is 15.4. The van der Waals surface area contributed by atoms with Gasteiger partial charge in [0, 0.05) is 17.6 Å². The zero-order valence-electron chi connectivity index (χ0n) is 12.3. The Bertz CT molecular complexity index is 758. The van der Waals surface area contributed by atoms with Crippen molar-refractivity contribution in [1.29, 1.82) is 0 Å². The summed E-state index contributed by atoms with van der Waals surface area (Å²) in [4.78, 5) is 12.4. The van der Waals surface area contributed by atoms with E-state index in [1.54, 1.807) is 18.4 Å². The summed E-state index contributed by atoms with van der Waals surface area (Å²) in [6.45, 7) is 3.15. The number of furan rings is 2. The highest BCUT2D eigenvalue weighted by Crippen LogP contribution is 2.26. The Hall–Kier alpha value is -2.53. The Kier molecular flexibility index (Phi) is 4.25. The number of hydrogen-bond acceptors (Lipinski definition) is 4. The fraction of sp³-hybridized carbons (Fsp3) is 0.235. The van der Waals surface area contributed by atoms with Crippen molar-refractivity contribution < 1.29 is 18.4 Å². The third kappa shape index (κ3) is 2.89. The third-order valence-electron chi connectivity index (χ3n) is 3.36. The fourth-order valence-corrected chi connectivity index (χ4v) is 2.29. The maximum absolute atomic E-state index is 12.4. The molecule has 2 aromatic heterocycles. The van der Waals surface area contributed by atoms with E-state index >= 15 is 0 Å². The molecule has 0 spiro atoms. The summed E-state index contributed by atoms with van der Waals surface area (Å²) in [7, 11) is 0. The van der Waals surface area contributed by atoms with Gasteiger partial charge in [0.25, 0.3) is 5.91 Å². The minimum Gasteiger partial charge on any atom is -0.467 e. The average molecular weight is 299 g/mol. The smallest absolute Gasteiger partial charge is 0.287 e. The number of hydrogen-bond donors (Lipinski definition) is 1. The molecular formula is C17H17NO4. The highest BCUT2D eigenvalue weighted by molar-refractivity contribution is 5.98. The van der Waals surface area contributed by atoms with Gasteiger partial charge in [0.05, 0.1) is 19.4 Å². The van der Waals surface area contributed by atoms with E-state index in [1.165, 1.54) is 0 Å². The lowest BCUT2D eigenvalue weighted by Crippen LogP contribution is -2.23. The summed E-state index contributed by atoms with van der Waals surface area (Å²) in [5.74, 6) is 0.708. The van der Waals surface area contributed by atoms with Crippen molar-refractivity contribution in [3.8, 4) is 0 Å². The van der Waals surface area contributed by atoms with Crippen LogP contribution in [0.15, 0.2) is 51.5 Å². The second-order valence-electron chi connectivity index (χ2n) is 4.81. The molecule has 0 atom stereocenters. The maximum atomic E-state index is 12.4. The minimum atomic E-state index is -0.276. The summed E-state index contributed by atoms with van der Waals surface area (Å²) in [5, 5.41) is 3.70. The Morgan fingerprint density at radius 2 is 2.09 bits per heavy atom. The van der Waals surface area contributed by atoms with E-state index in [2.05, 4.69) is 5.32 Å². The van der Waals surface area contributed by atoms with Crippen LogP contribution in [0.25, 0.3) is 11.0 Å². The number of carbonyl (C=O) groups is 1. The Morgan fingerprint density at radius 3 is 2.86 bits per heavy atom. The van der Waals surface area contributed by atoms with Crippen LogP contribution >= 0.6 is 0 Å². The standard InChI is InChI=1S/C17H17NO4/c1-2-20-11-14-13-7-3-4-8-15(13)22-16(14)17(19)18-10-12-6-5-9-21-12/h3-9H,2,10-11H2,1H3,(H,18,19). The molecule has 0 aliphatic rings. The lowest BCUT2D eigenvalue weighted by atomic mass is 10.1. The molecule has 3 aromatic rings. The van der Waals surface area contributed by atoms with Crippen LogP contribution in [0.4, 0.5) is 0 Å². The number of ether oxygens (including phenoxy) is 1. The first-order chi connectivity index (χ1) is 10.8. The number of nitrogens with one attached hydrogen (secondary N) is 1. The van der Waals surface area contributed by atoms with Crippen molar-refractivity contribution in [2.45, 2.75) is 20.1 Å². The molecule has 0 fully saturated rings. The third-order valence-corrected chi connectivity index (χ3v) is 3.36. The lowest BCUT2D eigenvalue weighted by molar-refractivity contribution is 0.0909. The van der Waals surface area contributed by atoms with E-state index in [0.717, 1.165) is 10.9 Å². The Balaban J connectivity index is 1.86. The summed E-state index contributed by atoms with van der Waals surface area (Å²) >= 11 is 0. The van der Waals surface area contributed by atoms with Crippen LogP contribution in [-0.4, -0.2) is 12.5 Å². The zero-order valence-corrected chi connectivity index (χ0v) is 12.3. The van der Waals surface area contributed by atoms with Crippen molar-refractivity contribution in [3.05, 3.63) is 59.7 Å². The topological polar surface area (TPSA) is 64.6 Å². The molecule has 0 saturated carbocycles. The van der Waals surface area contributed by atoms with Crippen molar-refractivity contribution in [3.63, 3.8) is 0 Å². The van der Waals surface area contributed by atoms with Crippen molar-refractivity contribution in [1.82, 2.24) is 5.32 Å². The molecule has 5 nitrogen and oxygen atoms in total. The van der Waals surface area contributed by atoms with E-state index < -0.39 is 0 Å². The molecule has 0 aliphatic heterocycles. The number of benzene rings is 1. The Morgan fingerprint density at radius 1 is 1.23 bits per heavy atom. The molecule has 0 unspecified atom stereocenters. The molecule has 3 rings (SSSR count). The van der Waals surface area contributed by atoms with Crippen LogP contribution in [0, 0.1) is 0 Å². The summed E-state index contributed by atoms with van der Waals surface area (Å²) in [6, 6.07) is 11.1. The molecule has 0 bridgehead atoms. The molecule has 114 valence electrons. The van der Waals surface area contributed by atoms with Gasteiger partial charge in [-0.05, 0) is 25.1 Å². The van der Waals surface area contributed by atoms with E-state index in [4.69, 9.17) is 13.6 Å².